The number of aliphatic imine (C=N–C) groups is 1. The van der Waals surface area contributed by atoms with Crippen LogP contribution in [0.1, 0.15) is 40.9 Å². The molecule has 0 radical (unpaired) electrons. The van der Waals surface area contributed by atoms with Crippen LogP contribution in [0, 0.1) is 6.92 Å². The summed E-state index contributed by atoms with van der Waals surface area (Å²) >= 11 is 6.42. The van der Waals surface area contributed by atoms with Crippen LogP contribution in [0.2, 0.25) is 5.02 Å². The van der Waals surface area contributed by atoms with E-state index in [4.69, 9.17) is 11.6 Å². The highest BCUT2D eigenvalue weighted by atomic mass is 35.5. The molecule has 1 heterocycles. The van der Waals surface area contributed by atoms with Gasteiger partial charge < -0.3 is 5.32 Å². The van der Waals surface area contributed by atoms with Crippen molar-refractivity contribution in [2.24, 2.45) is 4.99 Å². The molecule has 0 aliphatic rings. The average molecular weight is 499 g/mol. The predicted molar refractivity (Wildman–Crippen MR) is 145 cm³/mol. The van der Waals surface area contributed by atoms with Gasteiger partial charge in [0, 0.05) is 17.2 Å². The number of aryl methyl sites for hydroxylation is 2. The topological polar surface area (TPSA) is 76.3 Å². The van der Waals surface area contributed by atoms with Crippen LogP contribution in [-0.4, -0.2) is 21.5 Å². The van der Waals surface area contributed by atoms with Crippen molar-refractivity contribution in [1.29, 1.82) is 0 Å². The van der Waals surface area contributed by atoms with Crippen molar-refractivity contribution in [3.8, 4) is 11.3 Å². The van der Waals surface area contributed by atoms with Crippen molar-refractivity contribution in [2.45, 2.75) is 33.7 Å². The van der Waals surface area contributed by atoms with Crippen molar-refractivity contribution in [3.05, 3.63) is 116 Å². The Morgan fingerprint density at radius 2 is 1.81 bits per heavy atom. The van der Waals surface area contributed by atoms with Crippen LogP contribution in [0.3, 0.4) is 0 Å². The lowest BCUT2D eigenvalue weighted by Gasteiger charge is -2.11. The van der Waals surface area contributed by atoms with E-state index < -0.39 is 0 Å². The van der Waals surface area contributed by atoms with Gasteiger partial charge in [0.25, 0.3) is 11.5 Å². The Balaban J connectivity index is 1.55. The lowest BCUT2D eigenvalue weighted by atomic mass is 10.1. The lowest BCUT2D eigenvalue weighted by molar-refractivity contribution is 0.0976. The molecule has 0 unspecified atom stereocenters. The first-order valence-electron chi connectivity index (χ1n) is 11.7. The molecule has 1 amide bonds. The minimum atomic E-state index is -0.274. The molecular weight excluding hydrogens is 472 g/mol. The second-order valence-electron chi connectivity index (χ2n) is 8.52. The minimum Gasteiger partial charge on any atom is -0.310 e. The molecule has 3 aromatic carbocycles. The van der Waals surface area contributed by atoms with E-state index in [-0.39, 0.29) is 18.0 Å². The molecule has 182 valence electrons. The van der Waals surface area contributed by atoms with Crippen molar-refractivity contribution in [3.63, 3.8) is 0 Å². The number of hydrogen-bond donors (Lipinski definition) is 1. The highest BCUT2D eigenvalue weighted by molar-refractivity contribution is 6.33. The molecule has 0 aliphatic heterocycles. The van der Waals surface area contributed by atoms with Gasteiger partial charge in [-0.05, 0) is 73.4 Å². The van der Waals surface area contributed by atoms with Crippen LogP contribution in [-0.2, 0) is 13.0 Å². The maximum atomic E-state index is 12.8. The summed E-state index contributed by atoms with van der Waals surface area (Å²) in [4.78, 5) is 29.9. The van der Waals surface area contributed by atoms with E-state index >= 15 is 0 Å². The average Bonchev–Trinajstić information content (AvgIpc) is 2.87. The van der Waals surface area contributed by atoms with Gasteiger partial charge in [0.2, 0.25) is 0 Å². The summed E-state index contributed by atoms with van der Waals surface area (Å²) in [5.41, 5.74) is 5.36. The van der Waals surface area contributed by atoms with E-state index in [9.17, 15) is 9.59 Å². The zero-order chi connectivity index (χ0) is 25.7. The molecule has 0 saturated heterocycles. The summed E-state index contributed by atoms with van der Waals surface area (Å²) in [6, 6.07) is 23.8. The van der Waals surface area contributed by atoms with E-state index in [1.165, 1.54) is 10.7 Å². The van der Waals surface area contributed by atoms with Crippen molar-refractivity contribution in [2.75, 3.05) is 0 Å². The highest BCUT2D eigenvalue weighted by Crippen LogP contribution is 2.27. The molecule has 1 N–H and O–H groups in total. The number of halogens is 1. The Morgan fingerprint density at radius 1 is 1.00 bits per heavy atom. The molecule has 36 heavy (non-hydrogen) atoms. The maximum absolute atomic E-state index is 12.8. The predicted octanol–water partition coefficient (Wildman–Crippen LogP) is 5.96. The van der Waals surface area contributed by atoms with Gasteiger partial charge in [0.05, 0.1) is 22.9 Å². The molecule has 7 heteroatoms. The summed E-state index contributed by atoms with van der Waals surface area (Å²) in [6.07, 6.45) is 0.869. The second-order valence-corrected chi connectivity index (χ2v) is 8.93. The first kappa shape index (κ1) is 25.1. The maximum Gasteiger partial charge on any atom is 0.267 e. The Labute approximate surface area is 215 Å². The van der Waals surface area contributed by atoms with Gasteiger partial charge in [-0.3, -0.25) is 9.59 Å². The largest absolute Gasteiger partial charge is 0.310 e. The summed E-state index contributed by atoms with van der Waals surface area (Å²) in [5, 5.41) is 7.96. The van der Waals surface area contributed by atoms with Crippen LogP contribution in [0.5, 0.6) is 0 Å². The Hall–Kier alpha value is -4.03. The van der Waals surface area contributed by atoms with Gasteiger partial charge in [-0.2, -0.15) is 5.10 Å². The standard InChI is InChI=1S/C29H27ClN4O2/c1-4-21-12-13-25(30)24(17-21)27-14-15-28(35)34(33-27)18-22-9-7-10-23(16-22)29(36)32-20(3)31-26-11-6-5-8-19(26)2/h5-17H,4,18H2,1-3H3,(H,31,32,36). The number of nitrogens with one attached hydrogen (secondary N) is 1. The second kappa shape index (κ2) is 11.1. The molecule has 0 fully saturated rings. The lowest BCUT2D eigenvalue weighted by Crippen LogP contribution is -2.28. The quantitative estimate of drug-likeness (QED) is 0.263. The Bertz CT molecular complexity index is 1510. The van der Waals surface area contributed by atoms with Gasteiger partial charge >= 0.3 is 0 Å². The first-order chi connectivity index (χ1) is 17.3. The fourth-order valence-electron chi connectivity index (χ4n) is 3.81. The Morgan fingerprint density at radius 3 is 2.58 bits per heavy atom. The number of amidine groups is 1. The van der Waals surface area contributed by atoms with Crippen LogP contribution in [0.25, 0.3) is 11.3 Å². The third-order valence-corrected chi connectivity index (χ3v) is 6.13. The number of rotatable bonds is 6. The minimum absolute atomic E-state index is 0.217. The van der Waals surface area contributed by atoms with Crippen molar-refractivity contribution in [1.82, 2.24) is 15.1 Å². The number of hydrogen-bond acceptors (Lipinski definition) is 4. The van der Waals surface area contributed by atoms with Gasteiger partial charge in [0.15, 0.2) is 0 Å². The third-order valence-electron chi connectivity index (χ3n) is 5.80. The molecule has 4 aromatic rings. The number of para-hydroxylation sites is 1. The monoisotopic (exact) mass is 498 g/mol. The Kier molecular flexibility index (Phi) is 7.76. The number of carbonyl (C=O) groups excluding carboxylic acids is 1. The van der Waals surface area contributed by atoms with Crippen LogP contribution >= 0.6 is 11.6 Å². The molecular formula is C29H27ClN4O2. The first-order valence-corrected chi connectivity index (χ1v) is 12.1. The van der Waals surface area contributed by atoms with E-state index in [0.717, 1.165) is 34.4 Å². The number of benzene rings is 3. The third kappa shape index (κ3) is 5.96. The van der Waals surface area contributed by atoms with Gasteiger partial charge in [-0.15, -0.1) is 0 Å². The zero-order valence-electron chi connectivity index (χ0n) is 20.5. The van der Waals surface area contributed by atoms with Crippen LogP contribution in [0.15, 0.2) is 88.6 Å². The van der Waals surface area contributed by atoms with E-state index in [1.807, 2.05) is 55.5 Å². The molecule has 4 rings (SSSR count). The smallest absolute Gasteiger partial charge is 0.267 e. The van der Waals surface area contributed by atoms with E-state index in [1.54, 1.807) is 31.2 Å². The molecule has 1 aromatic heterocycles. The van der Waals surface area contributed by atoms with Crippen molar-refractivity contribution < 1.29 is 4.79 Å². The number of amides is 1. The van der Waals surface area contributed by atoms with E-state index in [2.05, 4.69) is 22.3 Å². The summed E-state index contributed by atoms with van der Waals surface area (Å²) in [6.45, 7) is 6.01. The fourth-order valence-corrected chi connectivity index (χ4v) is 4.03. The molecule has 0 bridgehead atoms. The summed E-state index contributed by atoms with van der Waals surface area (Å²) in [7, 11) is 0. The number of aromatic nitrogens is 2. The van der Waals surface area contributed by atoms with Crippen LogP contribution in [0.4, 0.5) is 5.69 Å². The molecule has 0 aliphatic carbocycles. The molecule has 0 atom stereocenters. The van der Waals surface area contributed by atoms with Crippen molar-refractivity contribution >= 4 is 29.0 Å². The normalized spacial score (nSPS) is 11.4. The fraction of sp³-hybridized carbons (Fsp3) is 0.172. The highest BCUT2D eigenvalue weighted by Gasteiger charge is 2.11. The molecule has 6 nitrogen and oxygen atoms in total. The zero-order valence-corrected chi connectivity index (χ0v) is 21.2. The number of nitrogens with zero attached hydrogens (tertiary/aromatic N) is 3. The molecule has 0 saturated carbocycles. The summed E-state index contributed by atoms with van der Waals surface area (Å²) in [5.74, 6) is 0.223. The van der Waals surface area contributed by atoms with E-state index in [0.29, 0.717) is 22.1 Å². The van der Waals surface area contributed by atoms with Gasteiger partial charge in [-0.1, -0.05) is 54.9 Å². The van der Waals surface area contributed by atoms with Gasteiger partial charge in [-0.25, -0.2) is 9.67 Å². The number of carbonyl (C=O) groups is 1. The van der Waals surface area contributed by atoms with Crippen LogP contribution < -0.4 is 10.9 Å². The molecule has 0 spiro atoms. The summed E-state index contributed by atoms with van der Waals surface area (Å²) < 4.78 is 1.38. The SMILES string of the molecule is CCc1ccc(Cl)c(-c2ccc(=O)n(Cc3cccc(C(=O)NC(C)=Nc4ccccc4C)c3)n2)c1. The van der Waals surface area contributed by atoms with Gasteiger partial charge in [0.1, 0.15) is 5.84 Å².